The zero-order valence-electron chi connectivity index (χ0n) is 24.3. The Hall–Kier alpha value is -4.93. The van der Waals surface area contributed by atoms with Crippen LogP contribution in [0.5, 0.6) is 0 Å². The number of nitrogens with zero attached hydrogens (tertiary/aromatic N) is 3. The van der Waals surface area contributed by atoms with Gasteiger partial charge in [0.2, 0.25) is 11.8 Å². The molecule has 0 bridgehead atoms. The van der Waals surface area contributed by atoms with Gasteiger partial charge in [-0.05, 0) is 81.2 Å². The van der Waals surface area contributed by atoms with E-state index in [1.54, 1.807) is 18.3 Å². The maximum absolute atomic E-state index is 13.1. The van der Waals surface area contributed by atoms with Gasteiger partial charge in [-0.1, -0.05) is 12.1 Å². The minimum atomic E-state index is -0.963. The van der Waals surface area contributed by atoms with E-state index in [1.807, 2.05) is 36.5 Å². The van der Waals surface area contributed by atoms with Crippen LogP contribution in [0.3, 0.4) is 0 Å². The van der Waals surface area contributed by atoms with Gasteiger partial charge in [-0.2, -0.15) is 0 Å². The van der Waals surface area contributed by atoms with E-state index >= 15 is 0 Å². The fraction of sp³-hybridized carbons (Fsp3) is 0.364. The number of anilines is 1. The van der Waals surface area contributed by atoms with Crippen molar-refractivity contribution in [1.82, 2.24) is 25.5 Å². The van der Waals surface area contributed by atoms with E-state index in [9.17, 15) is 19.2 Å². The molecule has 4 amide bonds. The molecule has 1 saturated heterocycles. The molecule has 1 aliphatic carbocycles. The molecule has 3 aliphatic rings. The Labute approximate surface area is 255 Å². The Bertz CT molecular complexity index is 1660. The van der Waals surface area contributed by atoms with Crippen molar-refractivity contribution in [3.8, 4) is 0 Å². The van der Waals surface area contributed by atoms with Gasteiger partial charge in [0.1, 0.15) is 6.04 Å². The van der Waals surface area contributed by atoms with Crippen LogP contribution < -0.4 is 16.0 Å². The quantitative estimate of drug-likeness (QED) is 0.156. The third kappa shape index (κ3) is 6.08. The van der Waals surface area contributed by atoms with Gasteiger partial charge >= 0.3 is 0 Å². The summed E-state index contributed by atoms with van der Waals surface area (Å²) in [6, 6.07) is 12.2. The lowest BCUT2D eigenvalue weighted by Gasteiger charge is -2.30. The van der Waals surface area contributed by atoms with Crippen LogP contribution >= 0.6 is 0 Å². The summed E-state index contributed by atoms with van der Waals surface area (Å²) in [6.07, 6.45) is 11.5. The third-order valence-electron chi connectivity index (χ3n) is 8.75. The minimum Gasteiger partial charge on any atom is -0.390 e. The summed E-state index contributed by atoms with van der Waals surface area (Å²) in [5.41, 5.74) is 4.36. The van der Waals surface area contributed by atoms with Crippen molar-refractivity contribution in [3.63, 3.8) is 0 Å². The summed E-state index contributed by atoms with van der Waals surface area (Å²) in [6.45, 7) is 0.814. The molecule has 3 aromatic rings. The van der Waals surface area contributed by atoms with Crippen molar-refractivity contribution in [1.29, 1.82) is 5.41 Å². The SMILES string of the molecule is N=C/C(=C\NCCCC1CCC(Nc2ccc3c(c2)C(=O)N(C2CCC(=O)NC2=O)C3=O)CC1)c1cnc2ccccc2n1. The van der Waals surface area contributed by atoms with E-state index in [0.717, 1.165) is 66.7 Å². The molecule has 2 aliphatic heterocycles. The highest BCUT2D eigenvalue weighted by Gasteiger charge is 2.44. The first-order chi connectivity index (χ1) is 21.4. The second kappa shape index (κ2) is 12.7. The molecular weight excluding hydrogens is 558 g/mol. The first-order valence-corrected chi connectivity index (χ1v) is 15.2. The molecule has 3 heterocycles. The van der Waals surface area contributed by atoms with Gasteiger partial charge in [0.05, 0.1) is 34.1 Å². The van der Waals surface area contributed by atoms with Gasteiger partial charge in [0.25, 0.3) is 11.8 Å². The van der Waals surface area contributed by atoms with E-state index in [-0.39, 0.29) is 30.4 Å². The van der Waals surface area contributed by atoms with Gasteiger partial charge in [-0.25, -0.2) is 4.98 Å². The average Bonchev–Trinajstić information content (AvgIpc) is 3.28. The summed E-state index contributed by atoms with van der Waals surface area (Å²) in [7, 11) is 0. The minimum absolute atomic E-state index is 0.0975. The number of fused-ring (bicyclic) bond motifs is 2. The number of piperidine rings is 1. The molecule has 4 N–H and O–H groups in total. The first kappa shape index (κ1) is 29.2. The highest BCUT2D eigenvalue weighted by atomic mass is 16.2. The van der Waals surface area contributed by atoms with Crippen LogP contribution in [0, 0.1) is 11.3 Å². The number of hydrogen-bond acceptors (Lipinski definition) is 9. The number of imide groups is 2. The van der Waals surface area contributed by atoms with Crippen molar-refractivity contribution < 1.29 is 19.2 Å². The summed E-state index contributed by atoms with van der Waals surface area (Å²) >= 11 is 0. The van der Waals surface area contributed by atoms with Gasteiger partial charge in [0, 0.05) is 42.7 Å². The Kier molecular flexibility index (Phi) is 8.44. The molecule has 44 heavy (non-hydrogen) atoms. The number of nitrogens with one attached hydrogen (secondary N) is 4. The molecule has 11 nitrogen and oxygen atoms in total. The molecule has 1 aromatic heterocycles. The number of carbonyl (C=O) groups excluding carboxylic acids is 4. The Morgan fingerprint density at radius 1 is 0.977 bits per heavy atom. The normalized spacial score (nSPS) is 22.1. The van der Waals surface area contributed by atoms with Crippen LogP contribution in [0.25, 0.3) is 16.6 Å². The highest BCUT2D eigenvalue weighted by molar-refractivity contribution is 6.23. The van der Waals surface area contributed by atoms with E-state index in [2.05, 4.69) is 25.9 Å². The van der Waals surface area contributed by atoms with E-state index in [1.165, 1.54) is 6.21 Å². The van der Waals surface area contributed by atoms with Gasteiger partial charge < -0.3 is 16.0 Å². The molecule has 2 aromatic carbocycles. The summed E-state index contributed by atoms with van der Waals surface area (Å²) < 4.78 is 0. The average molecular weight is 594 g/mol. The number of allylic oxidation sites excluding steroid dienone is 1. The number of para-hydroxylation sites is 2. The summed E-state index contributed by atoms with van der Waals surface area (Å²) in [5, 5.41) is 16.9. The lowest BCUT2D eigenvalue weighted by molar-refractivity contribution is -0.136. The van der Waals surface area contributed by atoms with Crippen LogP contribution in [0.2, 0.25) is 0 Å². The van der Waals surface area contributed by atoms with Crippen molar-refractivity contribution >= 4 is 52.1 Å². The Morgan fingerprint density at radius 3 is 2.52 bits per heavy atom. The maximum atomic E-state index is 13.1. The monoisotopic (exact) mass is 593 g/mol. The number of aromatic nitrogens is 2. The number of amides is 4. The molecule has 11 heteroatoms. The zero-order chi connectivity index (χ0) is 30.6. The summed E-state index contributed by atoms with van der Waals surface area (Å²) in [4.78, 5) is 60.0. The number of carbonyl (C=O) groups is 4. The first-order valence-electron chi connectivity index (χ1n) is 15.2. The Morgan fingerprint density at radius 2 is 1.75 bits per heavy atom. The molecule has 226 valence electrons. The predicted octanol–water partition coefficient (Wildman–Crippen LogP) is 4.06. The second-order valence-corrected chi connectivity index (χ2v) is 11.7. The van der Waals surface area contributed by atoms with Gasteiger partial charge in [0.15, 0.2) is 0 Å². The lowest BCUT2D eigenvalue weighted by atomic mass is 9.83. The second-order valence-electron chi connectivity index (χ2n) is 11.7. The fourth-order valence-corrected chi connectivity index (χ4v) is 6.35. The zero-order valence-corrected chi connectivity index (χ0v) is 24.3. The molecule has 1 atom stereocenters. The van der Waals surface area contributed by atoms with Gasteiger partial charge in [-0.15, -0.1) is 0 Å². The van der Waals surface area contributed by atoms with Crippen LogP contribution in [-0.4, -0.2) is 63.3 Å². The van der Waals surface area contributed by atoms with Crippen molar-refractivity contribution in [2.75, 3.05) is 11.9 Å². The lowest BCUT2D eigenvalue weighted by Crippen LogP contribution is -2.54. The van der Waals surface area contributed by atoms with Crippen LogP contribution in [0.15, 0.2) is 54.9 Å². The molecule has 1 unspecified atom stereocenters. The van der Waals surface area contributed by atoms with Crippen LogP contribution in [0.1, 0.15) is 77.8 Å². The molecule has 1 saturated carbocycles. The molecule has 0 spiro atoms. The number of rotatable bonds is 10. The van der Waals surface area contributed by atoms with Crippen molar-refractivity contribution in [2.45, 2.75) is 63.5 Å². The van der Waals surface area contributed by atoms with Crippen LogP contribution in [0.4, 0.5) is 5.69 Å². The van der Waals surface area contributed by atoms with E-state index in [4.69, 9.17) is 5.41 Å². The van der Waals surface area contributed by atoms with E-state index < -0.39 is 23.8 Å². The number of hydrogen-bond donors (Lipinski definition) is 4. The smallest absolute Gasteiger partial charge is 0.262 e. The highest BCUT2D eigenvalue weighted by Crippen LogP contribution is 2.32. The number of benzene rings is 2. The molecule has 2 fully saturated rings. The third-order valence-corrected chi connectivity index (χ3v) is 8.75. The summed E-state index contributed by atoms with van der Waals surface area (Å²) in [5.74, 6) is -1.33. The van der Waals surface area contributed by atoms with Gasteiger partial charge in [-0.3, -0.25) is 34.4 Å². The topological polar surface area (TPSA) is 157 Å². The molecular formula is C33H35N7O4. The maximum Gasteiger partial charge on any atom is 0.262 e. The largest absolute Gasteiger partial charge is 0.390 e. The Balaban J connectivity index is 0.955. The van der Waals surface area contributed by atoms with Crippen LogP contribution in [-0.2, 0) is 9.59 Å². The predicted molar refractivity (Wildman–Crippen MR) is 166 cm³/mol. The molecule has 6 rings (SSSR count). The van der Waals surface area contributed by atoms with Crippen molar-refractivity contribution in [2.24, 2.45) is 5.92 Å². The fourth-order valence-electron chi connectivity index (χ4n) is 6.35. The van der Waals surface area contributed by atoms with Crippen molar-refractivity contribution in [3.05, 3.63) is 71.7 Å². The van der Waals surface area contributed by atoms with E-state index in [0.29, 0.717) is 22.7 Å². The standard InChI is InChI=1S/C33H35N7O4/c34-17-21(28-19-36-26-5-1-2-6-27(26)38-28)18-35-15-3-4-20-7-9-22(10-8-20)37-23-11-12-24-25(16-23)33(44)40(32(24)43)29-13-14-30(41)39-31(29)42/h1-2,5-6,11-12,16-20,22,29,34-35,37H,3-4,7-10,13-15H2,(H,39,41,42)/b21-18+,34-17?. The molecule has 0 radical (unpaired) electrons.